The van der Waals surface area contributed by atoms with Crippen molar-refractivity contribution in [3.8, 4) is 6.01 Å². The highest BCUT2D eigenvalue weighted by atomic mass is 19.3. The van der Waals surface area contributed by atoms with Crippen LogP contribution in [0.2, 0.25) is 0 Å². The number of aromatic nitrogens is 3. The minimum atomic E-state index is -2.74. The maximum atomic E-state index is 14.0. The smallest absolute Gasteiger partial charge is 0.318 e. The Morgan fingerprint density at radius 1 is 1.16 bits per heavy atom. The fourth-order valence-electron chi connectivity index (χ4n) is 6.54. The lowest BCUT2D eigenvalue weighted by Crippen LogP contribution is -2.49. The van der Waals surface area contributed by atoms with Crippen molar-refractivity contribution in [2.45, 2.75) is 45.2 Å². The van der Waals surface area contributed by atoms with Gasteiger partial charge in [0.2, 0.25) is 5.91 Å². The highest BCUT2D eigenvalue weighted by molar-refractivity contribution is 5.95. The second kappa shape index (κ2) is 11.7. The average Bonchev–Trinajstić information content (AvgIpc) is 3.56. The SMILES string of the molecule is Cc1cc2[nH]ccc2c(N2CCc3c(nc(OCC4CC(F)(F)CN4C)nc3N3CCN(C(=O)/C=C/CF)CC3)C2)c1C. The molecule has 1 aromatic carbocycles. The number of rotatable bonds is 7. The number of hydrogen-bond donors (Lipinski definition) is 1. The predicted octanol–water partition coefficient (Wildman–Crippen LogP) is 4.03. The Morgan fingerprint density at radius 2 is 1.95 bits per heavy atom. The zero-order chi connectivity index (χ0) is 30.3. The molecule has 12 heteroatoms. The molecule has 1 N–H and O–H groups in total. The molecule has 43 heavy (non-hydrogen) atoms. The predicted molar refractivity (Wildman–Crippen MR) is 160 cm³/mol. The molecule has 0 saturated carbocycles. The van der Waals surface area contributed by atoms with E-state index in [1.165, 1.54) is 29.0 Å². The van der Waals surface area contributed by atoms with E-state index in [0.29, 0.717) is 32.7 Å². The Hall–Kier alpha value is -3.80. The number of ether oxygens (including phenoxy) is 1. The lowest BCUT2D eigenvalue weighted by atomic mass is 9.99. The summed E-state index contributed by atoms with van der Waals surface area (Å²) in [6.45, 7) is 6.76. The Morgan fingerprint density at radius 3 is 2.67 bits per heavy atom. The molecule has 3 aliphatic heterocycles. The summed E-state index contributed by atoms with van der Waals surface area (Å²) in [5, 5.41) is 1.16. The highest BCUT2D eigenvalue weighted by Gasteiger charge is 2.43. The Kier molecular flexibility index (Phi) is 7.97. The van der Waals surface area contributed by atoms with Gasteiger partial charge in [-0.15, -0.1) is 0 Å². The van der Waals surface area contributed by atoms with E-state index >= 15 is 0 Å². The van der Waals surface area contributed by atoms with Gasteiger partial charge in [0.25, 0.3) is 5.92 Å². The van der Waals surface area contributed by atoms with E-state index in [1.807, 2.05) is 6.20 Å². The zero-order valence-electron chi connectivity index (χ0n) is 24.9. The van der Waals surface area contributed by atoms with Gasteiger partial charge in [-0.25, -0.2) is 13.2 Å². The maximum Gasteiger partial charge on any atom is 0.318 e. The molecule has 9 nitrogen and oxygen atoms in total. The van der Waals surface area contributed by atoms with Crippen LogP contribution in [0.15, 0.2) is 30.5 Å². The third kappa shape index (κ3) is 5.89. The van der Waals surface area contributed by atoms with Crippen molar-refractivity contribution in [1.82, 2.24) is 24.8 Å². The molecular formula is C31H38F3N7O2. The van der Waals surface area contributed by atoms with Crippen LogP contribution in [0.3, 0.4) is 0 Å². The number of carbonyl (C=O) groups excluding carboxylic acids is 1. The fraction of sp³-hybridized carbons (Fsp3) is 0.516. The van der Waals surface area contributed by atoms with Crippen LogP contribution in [-0.2, 0) is 17.8 Å². The minimum Gasteiger partial charge on any atom is -0.462 e. The summed E-state index contributed by atoms with van der Waals surface area (Å²) in [5.74, 6) is -2.18. The summed E-state index contributed by atoms with van der Waals surface area (Å²) in [6.07, 6.45) is 4.92. The number of nitrogens with one attached hydrogen (secondary N) is 1. The first-order valence-electron chi connectivity index (χ1n) is 14.8. The number of hydrogen-bond acceptors (Lipinski definition) is 7. The molecule has 230 valence electrons. The van der Waals surface area contributed by atoms with Crippen molar-refractivity contribution in [2.75, 3.05) is 69.4 Å². The number of fused-ring (bicyclic) bond motifs is 2. The van der Waals surface area contributed by atoms with Crippen LogP contribution in [-0.4, -0.2) is 102 Å². The molecule has 2 saturated heterocycles. The number of likely N-dealkylation sites (tertiary alicyclic amines) is 1. The molecule has 1 amide bonds. The summed E-state index contributed by atoms with van der Waals surface area (Å²) in [5.41, 5.74) is 6.57. The van der Waals surface area contributed by atoms with Gasteiger partial charge in [-0.2, -0.15) is 9.97 Å². The number of nitrogens with zero attached hydrogens (tertiary/aromatic N) is 6. The van der Waals surface area contributed by atoms with Crippen molar-refractivity contribution in [3.63, 3.8) is 0 Å². The molecule has 0 radical (unpaired) electrons. The van der Waals surface area contributed by atoms with Crippen LogP contribution in [0.5, 0.6) is 6.01 Å². The number of amides is 1. The second-order valence-corrected chi connectivity index (χ2v) is 11.8. The molecule has 2 aromatic heterocycles. The molecular weight excluding hydrogens is 559 g/mol. The molecule has 1 atom stereocenters. The van der Waals surface area contributed by atoms with Crippen LogP contribution >= 0.6 is 0 Å². The Balaban J connectivity index is 1.29. The summed E-state index contributed by atoms with van der Waals surface area (Å²) in [7, 11) is 1.68. The first-order chi connectivity index (χ1) is 20.6. The Bertz CT molecular complexity index is 1530. The van der Waals surface area contributed by atoms with E-state index in [-0.39, 0.29) is 31.5 Å². The van der Waals surface area contributed by atoms with Crippen LogP contribution in [0, 0.1) is 13.8 Å². The van der Waals surface area contributed by atoms with Gasteiger partial charge in [0.15, 0.2) is 0 Å². The molecule has 3 aromatic rings. The standard InChI is InChI=1S/C31H38F3N7O2/c1-20-15-25-23(6-9-35-25)28(21(20)2)41-10-7-24-26(17-41)36-30(43-18-22-16-31(33,34)19-38(22)3)37-29(24)40-13-11-39(12-14-40)27(42)5-4-8-32/h4-6,9,15,22,35H,7-8,10-14,16-19H2,1-3H3/b5-4+. The quantitative estimate of drug-likeness (QED) is 0.412. The minimum absolute atomic E-state index is 0.0676. The first kappa shape index (κ1) is 29.3. The topological polar surface area (TPSA) is 80.8 Å². The molecule has 0 aliphatic carbocycles. The van der Waals surface area contributed by atoms with Crippen LogP contribution in [0.1, 0.15) is 28.8 Å². The van der Waals surface area contributed by atoms with Gasteiger partial charge in [-0.3, -0.25) is 9.69 Å². The van der Waals surface area contributed by atoms with Crippen molar-refractivity contribution >= 4 is 28.3 Å². The van der Waals surface area contributed by atoms with Crippen LogP contribution in [0.25, 0.3) is 10.9 Å². The van der Waals surface area contributed by atoms with Gasteiger partial charge in [0.05, 0.1) is 18.8 Å². The van der Waals surface area contributed by atoms with Crippen molar-refractivity contribution < 1.29 is 22.7 Å². The number of piperazine rings is 1. The van der Waals surface area contributed by atoms with Gasteiger partial charge >= 0.3 is 6.01 Å². The van der Waals surface area contributed by atoms with E-state index in [0.717, 1.165) is 40.9 Å². The number of aromatic amines is 1. The number of benzene rings is 1. The van der Waals surface area contributed by atoms with Gasteiger partial charge < -0.3 is 24.4 Å². The van der Waals surface area contributed by atoms with Crippen molar-refractivity contribution in [2.24, 2.45) is 0 Å². The van der Waals surface area contributed by atoms with Crippen molar-refractivity contribution in [1.29, 1.82) is 0 Å². The van der Waals surface area contributed by atoms with Crippen molar-refractivity contribution in [3.05, 3.63) is 52.9 Å². The van der Waals surface area contributed by atoms with Gasteiger partial charge in [0.1, 0.15) is 19.1 Å². The van der Waals surface area contributed by atoms with E-state index in [2.05, 4.69) is 40.8 Å². The summed E-state index contributed by atoms with van der Waals surface area (Å²) < 4.78 is 46.6. The molecule has 3 aliphatic rings. The van der Waals surface area contributed by atoms with Crippen LogP contribution < -0.4 is 14.5 Å². The van der Waals surface area contributed by atoms with E-state index in [9.17, 15) is 18.0 Å². The number of carbonyl (C=O) groups is 1. The molecule has 6 rings (SSSR count). The normalized spacial score (nSPS) is 20.8. The third-order valence-corrected chi connectivity index (χ3v) is 8.96. The van der Waals surface area contributed by atoms with E-state index < -0.39 is 18.6 Å². The summed E-state index contributed by atoms with van der Waals surface area (Å²) >= 11 is 0. The lowest BCUT2D eigenvalue weighted by Gasteiger charge is -2.38. The Labute approximate surface area is 249 Å². The highest BCUT2D eigenvalue weighted by Crippen LogP contribution is 2.38. The third-order valence-electron chi connectivity index (χ3n) is 8.96. The maximum absolute atomic E-state index is 14.0. The average molecular weight is 598 g/mol. The molecule has 2 fully saturated rings. The fourth-order valence-corrected chi connectivity index (χ4v) is 6.54. The zero-order valence-corrected chi connectivity index (χ0v) is 24.9. The van der Waals surface area contributed by atoms with Crippen LogP contribution in [0.4, 0.5) is 24.7 Å². The number of alkyl halides is 3. The van der Waals surface area contributed by atoms with E-state index in [1.54, 1.807) is 16.8 Å². The number of halogens is 3. The van der Waals surface area contributed by atoms with Gasteiger partial charge in [-0.1, -0.05) is 0 Å². The molecule has 5 heterocycles. The molecule has 0 bridgehead atoms. The van der Waals surface area contributed by atoms with Gasteiger partial charge in [-0.05, 0) is 56.7 Å². The van der Waals surface area contributed by atoms with Gasteiger partial charge in [0, 0.05) is 79.6 Å². The second-order valence-electron chi connectivity index (χ2n) is 11.8. The van der Waals surface area contributed by atoms with E-state index in [4.69, 9.17) is 14.7 Å². The number of anilines is 2. The summed E-state index contributed by atoms with van der Waals surface area (Å²) in [4.78, 5) is 33.2. The molecule has 1 unspecified atom stereocenters. The first-order valence-corrected chi connectivity index (χ1v) is 14.8. The largest absolute Gasteiger partial charge is 0.462 e. The number of allylic oxidation sites excluding steroid dienone is 1. The number of likely N-dealkylation sites (N-methyl/N-ethyl adjacent to an activating group) is 1. The monoisotopic (exact) mass is 597 g/mol. The number of H-pyrrole nitrogens is 1. The number of aryl methyl sites for hydroxylation is 1. The molecule has 0 spiro atoms. The lowest BCUT2D eigenvalue weighted by molar-refractivity contribution is -0.126. The summed E-state index contributed by atoms with van der Waals surface area (Å²) in [6, 6.07) is 4.01.